The van der Waals surface area contributed by atoms with Gasteiger partial charge in [-0.2, -0.15) is 22.8 Å². The number of hydrogen-bond acceptors (Lipinski definition) is 17. The highest BCUT2D eigenvalue weighted by Gasteiger charge is 2.54. The highest BCUT2D eigenvalue weighted by Crippen LogP contribution is 2.50. The number of anilines is 1. The zero-order valence-electron chi connectivity index (χ0n) is 23.1. The number of halogens is 1. The zero-order chi connectivity index (χ0) is 32.5. The Morgan fingerprint density at radius 3 is 2.70 bits per heavy atom. The Bertz CT molecular complexity index is 2090. The summed E-state index contributed by atoms with van der Waals surface area (Å²) < 4.78 is 92.3. The molecule has 26 heteroatoms. The predicted octanol–water partition coefficient (Wildman–Crippen LogP) is -2.89. The van der Waals surface area contributed by atoms with Gasteiger partial charge in [0.05, 0.1) is 31.9 Å². The van der Waals surface area contributed by atoms with Crippen LogP contribution in [-0.2, 0) is 42.3 Å². The van der Waals surface area contributed by atoms with Crippen molar-refractivity contribution < 1.29 is 49.7 Å². The number of fused-ring (bicyclic) bond motifs is 5. The van der Waals surface area contributed by atoms with E-state index in [0.717, 1.165) is 21.9 Å². The first-order valence-electron chi connectivity index (χ1n) is 13.2. The number of hydrogen-bond donors (Lipinski definition) is 5. The lowest BCUT2D eigenvalue weighted by molar-refractivity contribution is -0.0616. The van der Waals surface area contributed by atoms with E-state index in [4.69, 9.17) is 33.2 Å². The van der Waals surface area contributed by atoms with Crippen LogP contribution in [0.3, 0.4) is 0 Å². The van der Waals surface area contributed by atoms with Crippen LogP contribution in [0.25, 0.3) is 22.3 Å². The molecule has 9 atom stereocenters. The number of phosphoric acid groups is 1. The number of H-pyrrole nitrogens is 2. The van der Waals surface area contributed by atoms with Gasteiger partial charge >= 0.3 is 18.1 Å². The molecule has 46 heavy (non-hydrogen) atoms. The Morgan fingerprint density at radius 2 is 1.91 bits per heavy atom. The largest absolute Gasteiger partial charge is 0.472 e. The summed E-state index contributed by atoms with van der Waals surface area (Å²) in [5, 5.41) is 7.62. The van der Waals surface area contributed by atoms with Crippen molar-refractivity contribution in [3.05, 3.63) is 33.4 Å². The van der Waals surface area contributed by atoms with E-state index in [9.17, 15) is 27.5 Å². The molecule has 0 spiro atoms. The quantitative estimate of drug-likeness (QED) is 0.135. The van der Waals surface area contributed by atoms with Crippen LogP contribution in [0.1, 0.15) is 12.5 Å². The third-order valence-electron chi connectivity index (χ3n) is 7.44. The van der Waals surface area contributed by atoms with Gasteiger partial charge in [0.2, 0.25) is 5.95 Å². The molecule has 248 valence electrons. The molecule has 0 aromatic carbocycles. The Morgan fingerprint density at radius 1 is 1.13 bits per heavy atom. The van der Waals surface area contributed by atoms with Gasteiger partial charge in [-0.15, -0.1) is 5.10 Å². The van der Waals surface area contributed by atoms with Gasteiger partial charge in [0.25, 0.3) is 11.1 Å². The van der Waals surface area contributed by atoms with Crippen molar-refractivity contribution in [2.24, 2.45) is 0 Å². The van der Waals surface area contributed by atoms with Crippen molar-refractivity contribution in [1.29, 1.82) is 0 Å². The Kier molecular flexibility index (Phi) is 7.50. The molecule has 7 heterocycles. The Balaban J connectivity index is 1.23. The molecular weight excluding hydrogens is 668 g/mol. The van der Waals surface area contributed by atoms with E-state index < -0.39 is 91.5 Å². The van der Waals surface area contributed by atoms with Gasteiger partial charge in [-0.25, -0.2) is 18.9 Å². The molecule has 23 nitrogen and oxygen atoms in total. The van der Waals surface area contributed by atoms with Crippen LogP contribution in [0.5, 0.6) is 0 Å². The number of phosphoric ester groups is 1. The van der Waals surface area contributed by atoms with Crippen molar-refractivity contribution >= 4 is 46.4 Å². The summed E-state index contributed by atoms with van der Waals surface area (Å²) in [7, 11) is -8.72. The van der Waals surface area contributed by atoms with Crippen molar-refractivity contribution in [1.82, 2.24) is 49.2 Å². The van der Waals surface area contributed by atoms with Gasteiger partial charge in [-0.1, -0.05) is 5.21 Å². The van der Waals surface area contributed by atoms with E-state index in [1.54, 1.807) is 0 Å². The molecule has 9 unspecified atom stereocenters. The summed E-state index contributed by atoms with van der Waals surface area (Å²) in [6.45, 7) is -1.68. The summed E-state index contributed by atoms with van der Waals surface area (Å²) in [6, 6.07) is -1.40. The molecule has 3 aliphatic heterocycles. The molecule has 3 aliphatic rings. The maximum atomic E-state index is 15.9. The second kappa shape index (κ2) is 11.2. The summed E-state index contributed by atoms with van der Waals surface area (Å²) in [4.78, 5) is 51.4. The van der Waals surface area contributed by atoms with Crippen LogP contribution in [0.2, 0.25) is 0 Å². The van der Waals surface area contributed by atoms with Gasteiger partial charge < -0.3 is 29.8 Å². The third kappa shape index (κ3) is 5.28. The lowest BCUT2D eigenvalue weighted by Crippen LogP contribution is -2.48. The first-order chi connectivity index (χ1) is 21.9. The first kappa shape index (κ1) is 30.9. The minimum Gasteiger partial charge on any atom is -0.377 e. The minimum absolute atomic E-state index is 0.0897. The third-order valence-corrected chi connectivity index (χ3v) is 9.43. The smallest absolute Gasteiger partial charge is 0.377 e. The van der Waals surface area contributed by atoms with Crippen LogP contribution < -0.4 is 21.6 Å². The van der Waals surface area contributed by atoms with Crippen LogP contribution in [0.4, 0.5) is 10.3 Å². The average molecular weight is 692 g/mol. The van der Waals surface area contributed by atoms with Crippen molar-refractivity contribution in [2.45, 2.75) is 49.1 Å². The molecule has 6 N–H and O–H groups in total. The van der Waals surface area contributed by atoms with Crippen molar-refractivity contribution in [2.75, 3.05) is 26.1 Å². The normalized spacial score (nSPS) is 35.0. The summed E-state index contributed by atoms with van der Waals surface area (Å²) in [5.74, 6) is -0.301. The van der Waals surface area contributed by atoms with E-state index in [2.05, 4.69) is 40.0 Å². The number of aromatic amines is 2. The molecule has 4 aromatic rings. The number of alkyl halides is 1. The fourth-order valence-corrected chi connectivity index (χ4v) is 7.39. The first-order valence-corrected chi connectivity index (χ1v) is 16.1. The van der Waals surface area contributed by atoms with E-state index >= 15 is 4.39 Å². The van der Waals surface area contributed by atoms with Gasteiger partial charge in [0.15, 0.2) is 41.0 Å². The predicted molar refractivity (Wildman–Crippen MR) is 144 cm³/mol. The number of nitrogen functional groups attached to an aromatic ring is 1. The van der Waals surface area contributed by atoms with Crippen molar-refractivity contribution in [3.63, 3.8) is 0 Å². The highest BCUT2D eigenvalue weighted by molar-refractivity contribution is 7.84. The highest BCUT2D eigenvalue weighted by atomic mass is 32.2. The van der Waals surface area contributed by atoms with Gasteiger partial charge in [-0.05, 0) is 0 Å². The number of nitrogens with two attached hydrogens (primary N) is 1. The number of rotatable bonds is 3. The number of imidazole rings is 1. The second-order valence-electron chi connectivity index (χ2n) is 10.2. The standard InChI is InChI=1S/C20H23FN11O12PS/c1-39-13-6-2-40-45(35,36)44-12-7(42-18(8(12)21)31-5-25-10-14(31)23-4-24-16(10)33)3-41-46(37,38)29-9(13)19(43-6)32-15-11(28-30-32)17(34)27-20(22)26-15/h4-9,12-13,18-19,29H,2-3H2,1H3,(H,35,36)(H,23,24,33)(H3,22,26,27,34). The van der Waals surface area contributed by atoms with Crippen molar-refractivity contribution in [3.8, 4) is 0 Å². The molecule has 4 aromatic heterocycles. The molecule has 0 saturated carbocycles. The Labute approximate surface area is 254 Å². The topological polar surface area (TPSA) is 305 Å². The lowest BCUT2D eigenvalue weighted by Gasteiger charge is -2.24. The molecule has 0 radical (unpaired) electrons. The van der Waals surface area contributed by atoms with Crippen LogP contribution in [-0.4, -0.2) is 115 Å². The monoisotopic (exact) mass is 691 g/mol. The maximum Gasteiger partial charge on any atom is 0.472 e. The summed E-state index contributed by atoms with van der Waals surface area (Å²) in [6.07, 6.45) is -9.31. The molecule has 0 aliphatic carbocycles. The molecule has 3 saturated heterocycles. The Hall–Kier alpha value is -3.78. The molecule has 3 fully saturated rings. The van der Waals surface area contributed by atoms with Crippen LogP contribution >= 0.6 is 7.82 Å². The number of aromatic nitrogens is 9. The van der Waals surface area contributed by atoms with Gasteiger partial charge in [-0.3, -0.25) is 32.4 Å². The number of nitrogens with one attached hydrogen (secondary N) is 3. The lowest BCUT2D eigenvalue weighted by atomic mass is 10.1. The molecule has 7 rings (SSSR count). The molecule has 2 bridgehead atoms. The summed E-state index contributed by atoms with van der Waals surface area (Å²) in [5.41, 5.74) is 3.62. The fourth-order valence-electron chi connectivity index (χ4n) is 5.47. The number of methoxy groups -OCH3 is 1. The van der Waals surface area contributed by atoms with E-state index in [1.165, 1.54) is 7.11 Å². The molecule has 0 amide bonds. The number of nitrogens with zero attached hydrogens (tertiary/aromatic N) is 7. The van der Waals surface area contributed by atoms with E-state index in [-0.39, 0.29) is 28.3 Å². The van der Waals surface area contributed by atoms with Gasteiger partial charge in [0.1, 0.15) is 24.4 Å². The fraction of sp³-hybridized carbons (Fsp3) is 0.550. The average Bonchev–Trinajstić information content (AvgIpc) is 3.75. The van der Waals surface area contributed by atoms with Gasteiger partial charge in [0, 0.05) is 7.11 Å². The van der Waals surface area contributed by atoms with E-state index in [1.807, 2.05) is 0 Å². The second-order valence-corrected chi connectivity index (χ2v) is 13.0. The maximum absolute atomic E-state index is 15.9. The SMILES string of the molecule is COC1C2COP(=O)(O)OC3C(COS(=O)(=O)NC1C(n1nnc4c(=O)[nH]c(N)nc41)O2)OC(n1cnc2c(=O)[nH]cnc21)C3F. The number of ether oxygens (including phenoxy) is 3. The van der Waals surface area contributed by atoms with E-state index in [0.29, 0.717) is 0 Å². The van der Waals surface area contributed by atoms with Crippen LogP contribution in [0.15, 0.2) is 22.2 Å². The summed E-state index contributed by atoms with van der Waals surface area (Å²) >= 11 is 0. The van der Waals surface area contributed by atoms with Crippen LogP contribution in [0, 0.1) is 0 Å². The minimum atomic E-state index is -5.14. The zero-order valence-corrected chi connectivity index (χ0v) is 24.8. The molecular formula is C20H23FN11O12PS.